The molecular weight excluding hydrogens is 206 g/mol. The number of thioether (sulfide) groups is 1. The largest absolute Gasteiger partial charge is 0.480 e. The van der Waals surface area contributed by atoms with Gasteiger partial charge in [-0.25, -0.2) is 0 Å². The summed E-state index contributed by atoms with van der Waals surface area (Å²) in [5.41, 5.74) is 5.31. The number of carboxylic acids is 1. The Bertz CT molecular complexity index is 315. The zero-order chi connectivity index (χ0) is 10.6. The van der Waals surface area contributed by atoms with Crippen LogP contribution in [0.4, 0.5) is 0 Å². The number of hydrogen-bond acceptors (Lipinski definition) is 6. The maximum Gasteiger partial charge on any atom is 0.320 e. The van der Waals surface area contributed by atoms with Crippen molar-refractivity contribution < 1.29 is 14.3 Å². The van der Waals surface area contributed by atoms with Gasteiger partial charge in [0.25, 0.3) is 5.22 Å². The average molecular weight is 217 g/mol. The lowest BCUT2D eigenvalue weighted by molar-refractivity contribution is -0.138. The zero-order valence-electron chi connectivity index (χ0n) is 7.64. The van der Waals surface area contributed by atoms with E-state index >= 15 is 0 Å². The SMILES string of the molecule is Cc1nnc(SCCC(N)C(=O)O)o1. The minimum atomic E-state index is -0.993. The van der Waals surface area contributed by atoms with E-state index in [-0.39, 0.29) is 0 Å². The smallest absolute Gasteiger partial charge is 0.320 e. The highest BCUT2D eigenvalue weighted by Crippen LogP contribution is 2.16. The number of hydrogen-bond donors (Lipinski definition) is 2. The van der Waals surface area contributed by atoms with Gasteiger partial charge in [-0.15, -0.1) is 10.2 Å². The Balaban J connectivity index is 2.25. The van der Waals surface area contributed by atoms with Crippen LogP contribution in [0.25, 0.3) is 0 Å². The molecule has 0 saturated heterocycles. The van der Waals surface area contributed by atoms with Crippen LogP contribution in [0.1, 0.15) is 12.3 Å². The van der Waals surface area contributed by atoms with Crippen LogP contribution in [0, 0.1) is 6.92 Å². The number of aromatic nitrogens is 2. The molecule has 0 aliphatic heterocycles. The Hall–Kier alpha value is -1.08. The first-order chi connectivity index (χ1) is 6.59. The van der Waals surface area contributed by atoms with Crippen LogP contribution < -0.4 is 5.73 Å². The summed E-state index contributed by atoms with van der Waals surface area (Å²) >= 11 is 1.30. The van der Waals surface area contributed by atoms with Gasteiger partial charge in [-0.3, -0.25) is 4.79 Å². The van der Waals surface area contributed by atoms with Crippen LogP contribution in [-0.4, -0.2) is 33.1 Å². The van der Waals surface area contributed by atoms with Gasteiger partial charge in [0, 0.05) is 12.7 Å². The molecule has 0 radical (unpaired) electrons. The first kappa shape index (κ1) is 11.0. The van der Waals surface area contributed by atoms with E-state index in [1.807, 2.05) is 0 Å². The molecule has 1 heterocycles. The fourth-order valence-corrected chi connectivity index (χ4v) is 1.56. The molecule has 1 aromatic rings. The third-order valence-electron chi connectivity index (χ3n) is 1.48. The van der Waals surface area contributed by atoms with Gasteiger partial charge in [0.2, 0.25) is 5.89 Å². The minimum absolute atomic E-state index is 0.376. The Kier molecular flexibility index (Phi) is 3.90. The summed E-state index contributed by atoms with van der Waals surface area (Å²) in [5, 5.41) is 16.3. The molecule has 14 heavy (non-hydrogen) atoms. The Labute approximate surface area is 84.9 Å². The summed E-state index contributed by atoms with van der Waals surface area (Å²) in [5.74, 6) is 0.0529. The summed E-state index contributed by atoms with van der Waals surface area (Å²) in [6, 6.07) is -0.827. The highest BCUT2D eigenvalue weighted by Gasteiger charge is 2.11. The summed E-state index contributed by atoms with van der Waals surface area (Å²) in [7, 11) is 0. The Morgan fingerprint density at radius 3 is 2.93 bits per heavy atom. The van der Waals surface area contributed by atoms with Crippen molar-refractivity contribution in [2.75, 3.05) is 5.75 Å². The predicted octanol–water partition coefficient (Wildman–Crippen LogP) is 0.272. The number of nitrogens with two attached hydrogens (primary N) is 1. The summed E-state index contributed by atoms with van der Waals surface area (Å²) in [4.78, 5) is 10.4. The van der Waals surface area contributed by atoms with Crippen LogP contribution in [0.3, 0.4) is 0 Å². The van der Waals surface area contributed by atoms with E-state index in [1.165, 1.54) is 11.8 Å². The van der Waals surface area contributed by atoms with E-state index in [0.717, 1.165) is 0 Å². The molecule has 78 valence electrons. The summed E-state index contributed by atoms with van der Waals surface area (Å²) in [6.07, 6.45) is 0.376. The van der Waals surface area contributed by atoms with Crippen molar-refractivity contribution in [3.63, 3.8) is 0 Å². The molecule has 7 heteroatoms. The van der Waals surface area contributed by atoms with Gasteiger partial charge >= 0.3 is 5.97 Å². The lowest BCUT2D eigenvalue weighted by atomic mass is 10.2. The standard InChI is InChI=1S/C7H11N3O3S/c1-4-9-10-7(13-4)14-3-2-5(8)6(11)12/h5H,2-3,8H2,1H3,(H,11,12). The van der Waals surface area contributed by atoms with Gasteiger partial charge in [-0.1, -0.05) is 11.8 Å². The number of carboxylic acid groups (broad SMARTS) is 1. The second-order valence-electron chi connectivity index (χ2n) is 2.67. The van der Waals surface area contributed by atoms with Crippen molar-refractivity contribution in [3.05, 3.63) is 5.89 Å². The van der Waals surface area contributed by atoms with E-state index in [4.69, 9.17) is 15.3 Å². The number of aliphatic carboxylic acids is 1. The normalized spacial score (nSPS) is 12.7. The molecule has 1 aromatic heterocycles. The molecule has 0 fully saturated rings. The number of rotatable bonds is 5. The fourth-order valence-electron chi connectivity index (χ4n) is 0.733. The van der Waals surface area contributed by atoms with Crippen molar-refractivity contribution in [1.29, 1.82) is 0 Å². The number of aryl methyl sites for hydroxylation is 1. The first-order valence-electron chi connectivity index (χ1n) is 4.01. The lowest BCUT2D eigenvalue weighted by Gasteiger charge is -2.02. The van der Waals surface area contributed by atoms with Gasteiger partial charge in [0.1, 0.15) is 6.04 Å². The van der Waals surface area contributed by atoms with Crippen LogP contribution in [0.2, 0.25) is 0 Å². The van der Waals surface area contributed by atoms with E-state index in [2.05, 4.69) is 10.2 Å². The zero-order valence-corrected chi connectivity index (χ0v) is 8.45. The molecule has 6 nitrogen and oxygen atoms in total. The molecule has 0 saturated carbocycles. The molecule has 0 bridgehead atoms. The van der Waals surface area contributed by atoms with Gasteiger partial charge in [0.15, 0.2) is 0 Å². The van der Waals surface area contributed by atoms with Crippen molar-refractivity contribution in [2.45, 2.75) is 24.6 Å². The molecule has 1 unspecified atom stereocenters. The quantitative estimate of drug-likeness (QED) is 0.682. The highest BCUT2D eigenvalue weighted by molar-refractivity contribution is 7.99. The summed E-state index contributed by atoms with van der Waals surface area (Å²) < 4.78 is 5.08. The molecular formula is C7H11N3O3S. The van der Waals surface area contributed by atoms with E-state index in [9.17, 15) is 4.79 Å². The van der Waals surface area contributed by atoms with Crippen LogP contribution in [0.5, 0.6) is 0 Å². The predicted molar refractivity (Wildman–Crippen MR) is 50.0 cm³/mol. The first-order valence-corrected chi connectivity index (χ1v) is 4.99. The molecule has 0 spiro atoms. The Morgan fingerprint density at radius 2 is 2.43 bits per heavy atom. The van der Waals surface area contributed by atoms with Crippen molar-refractivity contribution in [1.82, 2.24) is 10.2 Å². The third-order valence-corrected chi connectivity index (χ3v) is 2.33. The molecule has 0 aliphatic rings. The molecule has 1 rings (SSSR count). The minimum Gasteiger partial charge on any atom is -0.480 e. The van der Waals surface area contributed by atoms with Crippen molar-refractivity contribution in [3.8, 4) is 0 Å². The molecule has 0 aromatic carbocycles. The van der Waals surface area contributed by atoms with Gasteiger partial charge in [-0.2, -0.15) is 0 Å². The van der Waals surface area contributed by atoms with Crippen molar-refractivity contribution >= 4 is 17.7 Å². The van der Waals surface area contributed by atoms with Crippen LogP contribution >= 0.6 is 11.8 Å². The summed E-state index contributed by atoms with van der Waals surface area (Å²) in [6.45, 7) is 1.69. The molecule has 3 N–H and O–H groups in total. The maximum absolute atomic E-state index is 10.4. The molecule has 1 atom stereocenters. The molecule has 0 amide bonds. The average Bonchev–Trinajstić information content (AvgIpc) is 2.51. The van der Waals surface area contributed by atoms with Crippen LogP contribution in [0.15, 0.2) is 9.64 Å². The van der Waals surface area contributed by atoms with E-state index < -0.39 is 12.0 Å². The van der Waals surface area contributed by atoms with Crippen molar-refractivity contribution in [2.24, 2.45) is 5.73 Å². The van der Waals surface area contributed by atoms with E-state index in [1.54, 1.807) is 6.92 Å². The van der Waals surface area contributed by atoms with Gasteiger partial charge in [-0.05, 0) is 6.42 Å². The molecule has 0 aliphatic carbocycles. The van der Waals surface area contributed by atoms with Gasteiger partial charge < -0.3 is 15.3 Å². The third kappa shape index (κ3) is 3.35. The topological polar surface area (TPSA) is 102 Å². The monoisotopic (exact) mass is 217 g/mol. The lowest BCUT2D eigenvalue weighted by Crippen LogP contribution is -2.30. The number of carbonyl (C=O) groups is 1. The van der Waals surface area contributed by atoms with Gasteiger partial charge in [0.05, 0.1) is 0 Å². The van der Waals surface area contributed by atoms with E-state index in [0.29, 0.717) is 23.3 Å². The Morgan fingerprint density at radius 1 is 1.71 bits per heavy atom. The number of nitrogens with zero attached hydrogens (tertiary/aromatic N) is 2. The maximum atomic E-state index is 10.4. The van der Waals surface area contributed by atoms with Crippen LogP contribution in [-0.2, 0) is 4.79 Å². The fraction of sp³-hybridized carbons (Fsp3) is 0.571. The second-order valence-corrected chi connectivity index (χ2v) is 3.72. The second kappa shape index (κ2) is 4.97. The highest BCUT2D eigenvalue weighted by atomic mass is 32.2.